The van der Waals surface area contributed by atoms with Crippen molar-refractivity contribution in [3.8, 4) is 39.5 Å². The lowest BCUT2D eigenvalue weighted by atomic mass is 9.98. The Morgan fingerprint density at radius 3 is 1.41 bits per heavy atom. The van der Waals surface area contributed by atoms with Crippen molar-refractivity contribution in [2.75, 3.05) is 0 Å². The highest BCUT2D eigenvalue weighted by atomic mass is 31.2. The minimum Gasteiger partial charge on any atom is -0.386 e. The molecule has 0 aromatic heterocycles. The Labute approximate surface area is 230 Å². The Balaban J connectivity index is 1.44. The summed E-state index contributed by atoms with van der Waals surface area (Å²) in [6, 6.07) is 42.5. The average Bonchev–Trinajstić information content (AvgIpc) is 2.98. The minimum absolute atomic E-state index is 0.213. The van der Waals surface area contributed by atoms with Gasteiger partial charge in [0.1, 0.15) is 17.2 Å². The van der Waals surface area contributed by atoms with Crippen molar-refractivity contribution in [2.24, 2.45) is 0 Å². The molecule has 5 rings (SSSR count). The molecule has 0 saturated heterocycles. The summed E-state index contributed by atoms with van der Waals surface area (Å²) in [6.07, 6.45) is 0.911. The number of hydrogen-bond acceptors (Lipinski definition) is 4. The van der Waals surface area contributed by atoms with Crippen LogP contribution in [0.3, 0.4) is 0 Å². The molecule has 0 heterocycles. The highest BCUT2D eigenvalue weighted by molar-refractivity contribution is 7.49. The monoisotopic (exact) mass is 534 g/mol. The van der Waals surface area contributed by atoms with Gasteiger partial charge in [0.2, 0.25) is 0 Å². The molecular formula is C34H31O4P. The lowest BCUT2D eigenvalue weighted by Crippen LogP contribution is -2.09. The fourth-order valence-corrected chi connectivity index (χ4v) is 5.58. The molecule has 1 unspecified atom stereocenters. The second-order valence-corrected chi connectivity index (χ2v) is 10.8. The first-order chi connectivity index (χ1) is 19.0. The van der Waals surface area contributed by atoms with Crippen LogP contribution in [0.2, 0.25) is 0 Å². The predicted octanol–water partition coefficient (Wildman–Crippen LogP) is 10.2. The SMILES string of the molecule is CCC(C)c1ccccc1OP(=O)(Oc1ccc(-c2ccccc2)cc1)Oc1ccc(-c2ccccc2)cc1. The molecule has 39 heavy (non-hydrogen) atoms. The van der Waals surface area contributed by atoms with E-state index in [4.69, 9.17) is 13.6 Å². The largest absolute Gasteiger partial charge is 0.647 e. The second kappa shape index (κ2) is 12.1. The smallest absolute Gasteiger partial charge is 0.386 e. The molecule has 0 spiro atoms. The van der Waals surface area contributed by atoms with Gasteiger partial charge in [0.15, 0.2) is 0 Å². The number of phosphoric ester groups is 1. The standard InChI is InChI=1S/C34H31O4P/c1-3-26(2)33-16-10-11-17-34(33)38-39(35,36-31-22-18-29(19-23-31)27-12-6-4-7-13-27)37-32-24-20-30(21-25-32)28-14-8-5-9-15-28/h4-26H,3H2,1-2H3. The van der Waals surface area contributed by atoms with Crippen LogP contribution in [0.4, 0.5) is 0 Å². The van der Waals surface area contributed by atoms with Crippen molar-refractivity contribution in [3.05, 3.63) is 139 Å². The summed E-state index contributed by atoms with van der Waals surface area (Å²) in [5.74, 6) is 1.47. The summed E-state index contributed by atoms with van der Waals surface area (Å²) in [6.45, 7) is 4.22. The molecule has 0 saturated carbocycles. The average molecular weight is 535 g/mol. The van der Waals surface area contributed by atoms with Crippen LogP contribution in [0, 0.1) is 0 Å². The topological polar surface area (TPSA) is 44.8 Å². The van der Waals surface area contributed by atoms with E-state index in [1.807, 2.05) is 103 Å². The fraction of sp³-hybridized carbons (Fsp3) is 0.118. The van der Waals surface area contributed by atoms with Crippen LogP contribution in [0.15, 0.2) is 133 Å². The number of hydrogen-bond donors (Lipinski definition) is 0. The zero-order valence-corrected chi connectivity index (χ0v) is 23.0. The number of phosphoric acid groups is 1. The molecule has 0 radical (unpaired) electrons. The third-order valence-corrected chi connectivity index (χ3v) is 7.92. The molecule has 0 N–H and O–H groups in total. The zero-order valence-electron chi connectivity index (χ0n) is 22.1. The summed E-state index contributed by atoms with van der Waals surface area (Å²) in [7, 11) is -4.14. The van der Waals surface area contributed by atoms with Gasteiger partial charge in [-0.2, -0.15) is 4.57 Å². The quantitative estimate of drug-likeness (QED) is 0.167. The maximum absolute atomic E-state index is 14.2. The fourth-order valence-electron chi connectivity index (χ4n) is 4.30. The first-order valence-electron chi connectivity index (χ1n) is 13.1. The molecule has 196 valence electrons. The van der Waals surface area contributed by atoms with Gasteiger partial charge in [-0.3, -0.25) is 0 Å². The summed E-state index contributed by atoms with van der Waals surface area (Å²) in [4.78, 5) is 0. The molecule has 5 aromatic rings. The summed E-state index contributed by atoms with van der Waals surface area (Å²) in [5.41, 5.74) is 5.17. The maximum atomic E-state index is 14.2. The lowest BCUT2D eigenvalue weighted by Gasteiger charge is -2.22. The van der Waals surface area contributed by atoms with E-state index in [1.165, 1.54) is 0 Å². The Morgan fingerprint density at radius 1 is 0.538 bits per heavy atom. The summed E-state index contributed by atoms with van der Waals surface area (Å²) in [5, 5.41) is 0. The normalized spacial score (nSPS) is 11.9. The van der Waals surface area contributed by atoms with Gasteiger partial charge in [0.25, 0.3) is 0 Å². The molecule has 0 bridgehead atoms. The van der Waals surface area contributed by atoms with Gasteiger partial charge in [-0.15, -0.1) is 0 Å². The van der Waals surface area contributed by atoms with E-state index in [-0.39, 0.29) is 5.92 Å². The molecule has 0 aliphatic heterocycles. The van der Waals surface area contributed by atoms with E-state index in [1.54, 1.807) is 30.3 Å². The third-order valence-electron chi connectivity index (χ3n) is 6.63. The van der Waals surface area contributed by atoms with Crippen LogP contribution in [0.1, 0.15) is 31.7 Å². The second-order valence-electron chi connectivity index (χ2n) is 9.35. The van der Waals surface area contributed by atoms with Crippen molar-refractivity contribution in [3.63, 3.8) is 0 Å². The maximum Gasteiger partial charge on any atom is 0.647 e. The van der Waals surface area contributed by atoms with Gasteiger partial charge in [-0.1, -0.05) is 117 Å². The predicted molar refractivity (Wildman–Crippen MR) is 158 cm³/mol. The molecular weight excluding hydrogens is 503 g/mol. The molecule has 1 atom stereocenters. The van der Waals surface area contributed by atoms with Crippen LogP contribution >= 0.6 is 7.82 Å². The summed E-state index contributed by atoms with van der Waals surface area (Å²) < 4.78 is 32.3. The van der Waals surface area contributed by atoms with Crippen LogP contribution in [0.25, 0.3) is 22.3 Å². The zero-order chi connectivity index (χ0) is 27.1. The van der Waals surface area contributed by atoms with Gasteiger partial charge < -0.3 is 13.6 Å². The Hall–Kier alpha value is -4.27. The van der Waals surface area contributed by atoms with Gasteiger partial charge in [-0.25, -0.2) is 0 Å². The molecule has 0 fully saturated rings. The van der Waals surface area contributed by atoms with E-state index >= 15 is 0 Å². The third kappa shape index (κ3) is 6.60. The molecule has 0 aliphatic rings. The van der Waals surface area contributed by atoms with Gasteiger partial charge in [-0.05, 0) is 70.5 Å². The molecule has 5 aromatic carbocycles. The summed E-state index contributed by atoms with van der Waals surface area (Å²) >= 11 is 0. The molecule has 0 amide bonds. The van der Waals surface area contributed by atoms with Crippen molar-refractivity contribution in [1.29, 1.82) is 0 Å². The van der Waals surface area contributed by atoms with Crippen molar-refractivity contribution in [2.45, 2.75) is 26.2 Å². The first-order valence-corrected chi connectivity index (χ1v) is 14.6. The van der Waals surface area contributed by atoms with E-state index in [9.17, 15) is 4.57 Å². The van der Waals surface area contributed by atoms with Crippen molar-refractivity contribution < 1.29 is 18.1 Å². The van der Waals surface area contributed by atoms with Gasteiger partial charge >= 0.3 is 7.82 Å². The Kier molecular flexibility index (Phi) is 8.15. The lowest BCUT2D eigenvalue weighted by molar-refractivity contribution is 0.297. The number of para-hydroxylation sites is 1. The van der Waals surface area contributed by atoms with Crippen LogP contribution < -0.4 is 13.6 Å². The minimum atomic E-state index is -4.14. The van der Waals surface area contributed by atoms with E-state index < -0.39 is 7.82 Å². The highest BCUT2D eigenvalue weighted by Gasteiger charge is 2.34. The van der Waals surface area contributed by atoms with Crippen molar-refractivity contribution >= 4 is 7.82 Å². The highest BCUT2D eigenvalue weighted by Crippen LogP contribution is 2.51. The number of benzene rings is 5. The molecule has 0 aliphatic carbocycles. The number of rotatable bonds is 10. The first kappa shape index (κ1) is 26.3. The molecule has 5 heteroatoms. The van der Waals surface area contributed by atoms with E-state index in [0.29, 0.717) is 17.2 Å². The Morgan fingerprint density at radius 2 is 0.949 bits per heavy atom. The van der Waals surface area contributed by atoms with Crippen LogP contribution in [0.5, 0.6) is 17.2 Å². The molecule has 4 nitrogen and oxygen atoms in total. The van der Waals surface area contributed by atoms with E-state index in [2.05, 4.69) is 13.8 Å². The van der Waals surface area contributed by atoms with Crippen LogP contribution in [-0.4, -0.2) is 0 Å². The van der Waals surface area contributed by atoms with Gasteiger partial charge in [0.05, 0.1) is 0 Å². The van der Waals surface area contributed by atoms with Crippen LogP contribution in [-0.2, 0) is 4.57 Å². The Bertz CT molecular complexity index is 1440. The van der Waals surface area contributed by atoms with E-state index in [0.717, 1.165) is 34.2 Å². The van der Waals surface area contributed by atoms with Gasteiger partial charge in [0, 0.05) is 0 Å². The van der Waals surface area contributed by atoms with Crippen molar-refractivity contribution in [1.82, 2.24) is 0 Å².